The van der Waals surface area contributed by atoms with E-state index in [0.717, 1.165) is 19.6 Å². The number of carbonyl (C=O) groups excluding carboxylic acids is 8. The van der Waals surface area contributed by atoms with Gasteiger partial charge in [-0.15, -0.1) is 0 Å². The van der Waals surface area contributed by atoms with Gasteiger partial charge in [0.1, 0.15) is 30.2 Å². The number of carboxylic acids is 3. The lowest BCUT2D eigenvalue weighted by molar-refractivity contribution is -0.144. The van der Waals surface area contributed by atoms with Crippen molar-refractivity contribution in [1.29, 1.82) is 0 Å². The number of carbonyl (C=O) groups is 11. The Bertz CT molecular complexity index is 2130. The Labute approximate surface area is 398 Å². The number of nitrogens with one attached hydrogen (secondary N) is 7. The number of benzene rings is 1. The van der Waals surface area contributed by atoms with E-state index in [0.29, 0.717) is 12.0 Å². The number of aliphatic carboxylic acids is 3. The van der Waals surface area contributed by atoms with Gasteiger partial charge in [0, 0.05) is 32.3 Å². The molecule has 0 unspecified atom stereocenters. The minimum absolute atomic E-state index is 0.156. The number of allylic oxidation sites excluding steroid dienone is 2. The van der Waals surface area contributed by atoms with Crippen LogP contribution in [-0.2, 0) is 68.6 Å². The Balaban J connectivity index is 2.65. The van der Waals surface area contributed by atoms with E-state index in [1.807, 2.05) is 43.3 Å². The standard InChI is InChI=1S/C46H63N7O16/c1-24(21-25(2)35(68-6)22-29-11-9-8-10-12-29)13-14-30-26(3)40(59)52-33(45(64)65)15-18-36(54)47-27(4)41(60)48-28(5)42(61)51-32(16-19-38(56)57)44(63)53-34(46(66)67)23-37(55)49-31(43(62)50-30)17-20-39(58)69-7/h8-14,21,25-26,28,30-35H,4,15-20,22-23H2,1-3,5-7H3,(H,47,54)(H,48,60)(H,49,55)(H,50,62)(H,51,61)(H,52,59)(H,53,63)(H,56,57)(H,64,65)(H,66,67)/b14-13+,24-21+/t25-,26-,28+,30-,31-,32-,33+,34+,35-/m0/s1. The molecule has 2 rings (SSSR count). The monoisotopic (exact) mass is 969 g/mol. The van der Waals surface area contributed by atoms with Gasteiger partial charge in [-0.25, -0.2) is 9.59 Å². The second kappa shape index (κ2) is 28.7. The van der Waals surface area contributed by atoms with E-state index in [1.165, 1.54) is 13.0 Å². The number of hydrogen-bond donors (Lipinski definition) is 10. The van der Waals surface area contributed by atoms with Crippen molar-refractivity contribution in [2.75, 3.05) is 14.2 Å². The van der Waals surface area contributed by atoms with Crippen molar-refractivity contribution in [3.8, 4) is 0 Å². The highest BCUT2D eigenvalue weighted by Crippen LogP contribution is 2.18. The molecule has 1 aromatic rings. The van der Waals surface area contributed by atoms with Crippen LogP contribution in [0.3, 0.4) is 0 Å². The topological polar surface area (TPSA) is 351 Å². The van der Waals surface area contributed by atoms with Crippen molar-refractivity contribution in [2.24, 2.45) is 11.8 Å². The van der Waals surface area contributed by atoms with Crippen molar-refractivity contribution in [3.05, 3.63) is 72.0 Å². The summed E-state index contributed by atoms with van der Waals surface area (Å²) in [5.74, 6) is -14.2. The summed E-state index contributed by atoms with van der Waals surface area (Å²) in [7, 11) is 2.66. The second-order valence-electron chi connectivity index (χ2n) is 16.4. The van der Waals surface area contributed by atoms with Crippen molar-refractivity contribution in [2.45, 2.75) is 121 Å². The molecule has 378 valence electrons. The maximum atomic E-state index is 14.1. The zero-order chi connectivity index (χ0) is 52.0. The van der Waals surface area contributed by atoms with Crippen LogP contribution in [0.25, 0.3) is 0 Å². The summed E-state index contributed by atoms with van der Waals surface area (Å²) in [6.45, 7) is 9.65. The van der Waals surface area contributed by atoms with Gasteiger partial charge >= 0.3 is 23.9 Å². The average molecular weight is 970 g/mol. The van der Waals surface area contributed by atoms with E-state index in [1.54, 1.807) is 20.1 Å². The summed E-state index contributed by atoms with van der Waals surface area (Å²) in [5, 5.41) is 45.3. The SMILES string of the molecule is C=C1NC(=O)CC[C@H](C(=O)O)NC(=O)[C@@H](C)[C@H](/C=C/C(C)=C/[C@H](C)[C@H](Cc2ccccc2)OC)NC(=O)[C@H](CCC(=O)OC)NC(=O)C[C@H](C(=O)O)NC(=O)[C@H](CCC(=O)O)NC(=O)[C@@H](C)NC1=O. The molecule has 7 amide bonds. The van der Waals surface area contributed by atoms with Crippen molar-refractivity contribution in [3.63, 3.8) is 0 Å². The van der Waals surface area contributed by atoms with Gasteiger partial charge in [-0.05, 0) is 45.1 Å². The highest BCUT2D eigenvalue weighted by molar-refractivity contribution is 6.00. The molecule has 0 bridgehead atoms. The first kappa shape index (κ1) is 57.7. The lowest BCUT2D eigenvalue weighted by Crippen LogP contribution is -2.56. The fraction of sp³-hybridized carbons (Fsp3) is 0.500. The van der Waals surface area contributed by atoms with Crippen LogP contribution < -0.4 is 37.2 Å². The summed E-state index contributed by atoms with van der Waals surface area (Å²) >= 11 is 0. The molecule has 1 aromatic carbocycles. The lowest BCUT2D eigenvalue weighted by atomic mass is 9.94. The van der Waals surface area contributed by atoms with E-state index in [4.69, 9.17) is 9.47 Å². The smallest absolute Gasteiger partial charge is 0.326 e. The van der Waals surface area contributed by atoms with Gasteiger partial charge in [0.05, 0.1) is 37.3 Å². The van der Waals surface area contributed by atoms with Crippen molar-refractivity contribution < 1.29 is 77.5 Å². The number of hydrogen-bond acceptors (Lipinski definition) is 13. The number of ether oxygens (including phenoxy) is 2. The van der Waals surface area contributed by atoms with Crippen LogP contribution in [-0.4, -0.2) is 137 Å². The summed E-state index contributed by atoms with van der Waals surface area (Å²) in [4.78, 5) is 142. The Morgan fingerprint density at radius 2 is 1.36 bits per heavy atom. The summed E-state index contributed by atoms with van der Waals surface area (Å²) < 4.78 is 10.5. The maximum absolute atomic E-state index is 14.1. The van der Waals surface area contributed by atoms with Gasteiger partial charge in [-0.2, -0.15) is 0 Å². The van der Waals surface area contributed by atoms with E-state index >= 15 is 0 Å². The molecule has 23 heteroatoms. The minimum Gasteiger partial charge on any atom is -0.481 e. The van der Waals surface area contributed by atoms with Crippen LogP contribution in [0.15, 0.2) is 66.4 Å². The van der Waals surface area contributed by atoms with Gasteiger partial charge < -0.3 is 62.0 Å². The minimum atomic E-state index is -2.03. The highest BCUT2D eigenvalue weighted by atomic mass is 16.5. The Hall–Kier alpha value is -7.43. The molecule has 0 radical (unpaired) electrons. The van der Waals surface area contributed by atoms with Gasteiger partial charge in [0.2, 0.25) is 35.4 Å². The van der Waals surface area contributed by atoms with Crippen LogP contribution in [0.5, 0.6) is 0 Å². The van der Waals surface area contributed by atoms with E-state index in [9.17, 15) is 68.1 Å². The van der Waals surface area contributed by atoms with Crippen LogP contribution in [0.4, 0.5) is 0 Å². The Morgan fingerprint density at radius 3 is 1.96 bits per heavy atom. The zero-order valence-corrected chi connectivity index (χ0v) is 39.3. The molecule has 0 saturated carbocycles. The fourth-order valence-electron chi connectivity index (χ4n) is 6.78. The van der Waals surface area contributed by atoms with Gasteiger partial charge in [-0.3, -0.25) is 43.2 Å². The zero-order valence-electron chi connectivity index (χ0n) is 39.3. The van der Waals surface area contributed by atoms with E-state index in [2.05, 4.69) is 43.8 Å². The molecule has 0 spiro atoms. The molecular weight excluding hydrogens is 907 g/mol. The quantitative estimate of drug-likeness (QED) is 0.0615. The number of carboxylic acid groups (broad SMARTS) is 3. The molecule has 0 aliphatic carbocycles. The first-order chi connectivity index (χ1) is 32.4. The van der Waals surface area contributed by atoms with E-state index in [-0.39, 0.29) is 12.0 Å². The van der Waals surface area contributed by atoms with Crippen LogP contribution in [0.1, 0.15) is 78.2 Å². The third-order valence-electron chi connectivity index (χ3n) is 10.9. The summed E-state index contributed by atoms with van der Waals surface area (Å²) in [6, 6.07) is -0.152. The second-order valence-corrected chi connectivity index (χ2v) is 16.4. The number of methoxy groups -OCH3 is 2. The van der Waals surface area contributed by atoms with E-state index < -0.39 is 158 Å². The molecular formula is C46H63N7O16. The number of amides is 7. The third-order valence-corrected chi connectivity index (χ3v) is 10.9. The number of rotatable bonds is 15. The van der Waals surface area contributed by atoms with Gasteiger partial charge in [0.25, 0.3) is 5.91 Å². The Kier molecular flexibility index (Phi) is 24.0. The van der Waals surface area contributed by atoms with Crippen molar-refractivity contribution >= 4 is 65.2 Å². The van der Waals surface area contributed by atoms with Gasteiger partial charge in [0.15, 0.2) is 0 Å². The first-order valence-corrected chi connectivity index (χ1v) is 21.9. The molecule has 9 atom stereocenters. The predicted octanol–water partition coefficient (Wildman–Crippen LogP) is -0.251. The molecule has 1 heterocycles. The predicted molar refractivity (Wildman–Crippen MR) is 244 cm³/mol. The largest absolute Gasteiger partial charge is 0.481 e. The fourth-order valence-corrected chi connectivity index (χ4v) is 6.78. The van der Waals surface area contributed by atoms with Crippen molar-refractivity contribution in [1.82, 2.24) is 37.2 Å². The molecule has 23 nitrogen and oxygen atoms in total. The molecule has 1 fully saturated rings. The average Bonchev–Trinajstić information content (AvgIpc) is 3.29. The molecule has 1 aliphatic rings. The van der Waals surface area contributed by atoms with Crippen LogP contribution >= 0.6 is 0 Å². The van der Waals surface area contributed by atoms with Crippen LogP contribution in [0.2, 0.25) is 0 Å². The van der Waals surface area contributed by atoms with Crippen LogP contribution in [0, 0.1) is 11.8 Å². The Morgan fingerprint density at radius 1 is 0.768 bits per heavy atom. The molecule has 0 aromatic heterocycles. The molecule has 69 heavy (non-hydrogen) atoms. The molecule has 1 aliphatic heterocycles. The molecule has 1 saturated heterocycles. The first-order valence-electron chi connectivity index (χ1n) is 21.9. The third kappa shape index (κ3) is 20.5. The lowest BCUT2D eigenvalue weighted by Gasteiger charge is -2.27. The normalized spacial score (nSPS) is 24.3. The number of esters is 1. The summed E-state index contributed by atoms with van der Waals surface area (Å²) in [6.07, 6.45) is 1.02. The molecule has 10 N–H and O–H groups in total. The summed E-state index contributed by atoms with van der Waals surface area (Å²) in [5.41, 5.74) is 1.11. The maximum Gasteiger partial charge on any atom is 0.326 e. The highest BCUT2D eigenvalue weighted by Gasteiger charge is 2.34. The van der Waals surface area contributed by atoms with Gasteiger partial charge in [-0.1, -0.05) is 74.6 Å².